The van der Waals surface area contributed by atoms with Crippen molar-refractivity contribution < 1.29 is 23.1 Å². The zero-order valence-electron chi connectivity index (χ0n) is 10.1. The van der Waals surface area contributed by atoms with Gasteiger partial charge >= 0.3 is 5.97 Å². The van der Waals surface area contributed by atoms with Crippen LogP contribution in [0.25, 0.3) is 0 Å². The van der Waals surface area contributed by atoms with E-state index in [-0.39, 0.29) is 11.5 Å². The highest BCUT2D eigenvalue weighted by Crippen LogP contribution is 2.12. The monoisotopic (exact) mass is 273 g/mol. The Hall–Kier alpha value is -1.44. The number of methoxy groups -OCH3 is 1. The van der Waals surface area contributed by atoms with E-state index in [1.54, 1.807) is 12.1 Å². The average molecular weight is 273 g/mol. The molecule has 0 aliphatic rings. The summed E-state index contributed by atoms with van der Waals surface area (Å²) in [7, 11) is -2.33. The maximum atomic E-state index is 11.9. The SMILES string of the molecule is COCc1cccc(S(=O)(=O)N[C@@H](C)C(=O)O)c1. The van der Waals surface area contributed by atoms with E-state index < -0.39 is 22.0 Å². The van der Waals surface area contributed by atoms with E-state index in [1.807, 2.05) is 0 Å². The first-order chi connectivity index (χ1) is 8.36. The van der Waals surface area contributed by atoms with Crippen LogP contribution in [0.1, 0.15) is 12.5 Å². The second-order valence-electron chi connectivity index (χ2n) is 3.76. The lowest BCUT2D eigenvalue weighted by Gasteiger charge is -2.11. The molecule has 1 aromatic rings. The lowest BCUT2D eigenvalue weighted by atomic mass is 10.2. The van der Waals surface area contributed by atoms with Crippen LogP contribution >= 0.6 is 0 Å². The van der Waals surface area contributed by atoms with Crippen molar-refractivity contribution in [3.05, 3.63) is 29.8 Å². The van der Waals surface area contributed by atoms with Gasteiger partial charge in [0.1, 0.15) is 6.04 Å². The number of hydrogen-bond acceptors (Lipinski definition) is 4. The van der Waals surface area contributed by atoms with Crippen molar-refractivity contribution in [3.63, 3.8) is 0 Å². The number of benzene rings is 1. The van der Waals surface area contributed by atoms with E-state index in [0.717, 1.165) is 0 Å². The highest BCUT2D eigenvalue weighted by molar-refractivity contribution is 7.89. The zero-order valence-corrected chi connectivity index (χ0v) is 10.9. The molecule has 0 bridgehead atoms. The minimum absolute atomic E-state index is 0.0187. The van der Waals surface area contributed by atoms with Gasteiger partial charge in [-0.15, -0.1) is 0 Å². The minimum Gasteiger partial charge on any atom is -0.480 e. The van der Waals surface area contributed by atoms with Crippen LogP contribution < -0.4 is 4.72 Å². The van der Waals surface area contributed by atoms with Gasteiger partial charge in [0.2, 0.25) is 10.0 Å². The second kappa shape index (κ2) is 5.94. The molecule has 6 nitrogen and oxygen atoms in total. The summed E-state index contributed by atoms with van der Waals surface area (Å²) < 4.78 is 30.8. The number of rotatable bonds is 6. The lowest BCUT2D eigenvalue weighted by Crippen LogP contribution is -2.38. The van der Waals surface area contributed by atoms with Crippen LogP contribution in [0.5, 0.6) is 0 Å². The molecule has 0 aliphatic heterocycles. The number of aliphatic carboxylic acids is 1. The maximum absolute atomic E-state index is 11.9. The van der Waals surface area contributed by atoms with Crippen molar-refractivity contribution in [1.82, 2.24) is 4.72 Å². The molecule has 0 radical (unpaired) electrons. The first kappa shape index (κ1) is 14.6. The highest BCUT2D eigenvalue weighted by Gasteiger charge is 2.21. The van der Waals surface area contributed by atoms with Crippen molar-refractivity contribution >= 4 is 16.0 Å². The Morgan fingerprint density at radius 1 is 1.50 bits per heavy atom. The number of carboxylic acids is 1. The number of hydrogen-bond donors (Lipinski definition) is 2. The topological polar surface area (TPSA) is 92.7 Å². The van der Waals surface area contributed by atoms with Crippen molar-refractivity contribution in [2.75, 3.05) is 7.11 Å². The van der Waals surface area contributed by atoms with Crippen LogP contribution in [0.15, 0.2) is 29.2 Å². The molecule has 0 heterocycles. The number of carboxylic acid groups (broad SMARTS) is 1. The average Bonchev–Trinajstić information content (AvgIpc) is 2.29. The van der Waals surface area contributed by atoms with Gasteiger partial charge in [-0.2, -0.15) is 4.72 Å². The van der Waals surface area contributed by atoms with Gasteiger partial charge < -0.3 is 9.84 Å². The van der Waals surface area contributed by atoms with Crippen molar-refractivity contribution in [3.8, 4) is 0 Å². The largest absolute Gasteiger partial charge is 0.480 e. The molecule has 0 unspecified atom stereocenters. The number of sulfonamides is 1. The molecule has 0 fully saturated rings. The summed E-state index contributed by atoms with van der Waals surface area (Å²) in [5.74, 6) is -1.23. The number of ether oxygens (including phenoxy) is 1. The molecule has 0 aliphatic carbocycles. The van der Waals surface area contributed by atoms with Gasteiger partial charge in [-0.1, -0.05) is 12.1 Å². The Balaban J connectivity index is 2.97. The molecule has 0 spiro atoms. The van der Waals surface area contributed by atoms with Gasteiger partial charge in [0.15, 0.2) is 0 Å². The molecule has 100 valence electrons. The third-order valence-corrected chi connectivity index (χ3v) is 3.76. The van der Waals surface area contributed by atoms with Crippen LogP contribution in [-0.2, 0) is 26.2 Å². The van der Waals surface area contributed by atoms with E-state index in [9.17, 15) is 13.2 Å². The molecule has 1 rings (SSSR count). The zero-order chi connectivity index (χ0) is 13.8. The first-order valence-corrected chi connectivity index (χ1v) is 6.68. The normalized spacial score (nSPS) is 13.2. The van der Waals surface area contributed by atoms with E-state index in [1.165, 1.54) is 26.2 Å². The summed E-state index contributed by atoms with van der Waals surface area (Å²) in [6.07, 6.45) is 0. The minimum atomic E-state index is -3.83. The van der Waals surface area contributed by atoms with Crippen LogP contribution in [0, 0.1) is 0 Å². The van der Waals surface area contributed by atoms with Crippen LogP contribution in [0.4, 0.5) is 0 Å². The quantitative estimate of drug-likeness (QED) is 0.791. The van der Waals surface area contributed by atoms with Gasteiger partial charge in [-0.3, -0.25) is 4.79 Å². The Labute approximate surface area is 106 Å². The molecular weight excluding hydrogens is 258 g/mol. The van der Waals surface area contributed by atoms with Gasteiger partial charge in [0.25, 0.3) is 0 Å². The Morgan fingerprint density at radius 3 is 2.72 bits per heavy atom. The molecule has 0 amide bonds. The summed E-state index contributed by atoms with van der Waals surface area (Å²) >= 11 is 0. The smallest absolute Gasteiger partial charge is 0.321 e. The molecule has 1 aromatic carbocycles. The van der Waals surface area contributed by atoms with E-state index in [2.05, 4.69) is 4.72 Å². The van der Waals surface area contributed by atoms with Crippen molar-refractivity contribution in [2.45, 2.75) is 24.5 Å². The fourth-order valence-corrected chi connectivity index (χ4v) is 2.59. The molecule has 0 aromatic heterocycles. The molecule has 0 saturated heterocycles. The molecular formula is C11H15NO5S. The van der Waals surface area contributed by atoms with Gasteiger partial charge in [0.05, 0.1) is 11.5 Å². The molecule has 0 saturated carbocycles. The van der Waals surface area contributed by atoms with Crippen LogP contribution in [-0.4, -0.2) is 32.6 Å². The maximum Gasteiger partial charge on any atom is 0.321 e. The van der Waals surface area contributed by atoms with Crippen molar-refractivity contribution in [1.29, 1.82) is 0 Å². The highest BCUT2D eigenvalue weighted by atomic mass is 32.2. The fourth-order valence-electron chi connectivity index (χ4n) is 1.32. The summed E-state index contributed by atoms with van der Waals surface area (Å²) in [6.45, 7) is 1.55. The summed E-state index contributed by atoms with van der Waals surface area (Å²) in [6, 6.07) is 4.97. The molecule has 7 heteroatoms. The van der Waals surface area contributed by atoms with Crippen molar-refractivity contribution in [2.24, 2.45) is 0 Å². The third-order valence-electron chi connectivity index (χ3n) is 2.22. The first-order valence-electron chi connectivity index (χ1n) is 5.20. The standard InChI is InChI=1S/C11H15NO5S/c1-8(11(13)14)12-18(15,16)10-5-3-4-9(6-10)7-17-2/h3-6,8,12H,7H2,1-2H3,(H,13,14)/t8-/m0/s1. The lowest BCUT2D eigenvalue weighted by molar-refractivity contribution is -0.138. The van der Waals surface area contributed by atoms with Gasteiger partial charge in [-0.05, 0) is 24.6 Å². The van der Waals surface area contributed by atoms with Crippen LogP contribution in [0.3, 0.4) is 0 Å². The van der Waals surface area contributed by atoms with Gasteiger partial charge in [0, 0.05) is 7.11 Å². The predicted octanol–water partition coefficient (Wildman–Crippen LogP) is 0.584. The second-order valence-corrected chi connectivity index (χ2v) is 5.48. The number of nitrogens with one attached hydrogen (secondary N) is 1. The number of carbonyl (C=O) groups is 1. The molecule has 2 N–H and O–H groups in total. The summed E-state index contributed by atoms with van der Waals surface area (Å²) in [5.41, 5.74) is 0.698. The predicted molar refractivity (Wildman–Crippen MR) is 64.6 cm³/mol. The van der Waals surface area contributed by atoms with Crippen LogP contribution in [0.2, 0.25) is 0 Å². The van der Waals surface area contributed by atoms with Gasteiger partial charge in [-0.25, -0.2) is 8.42 Å². The third kappa shape index (κ3) is 3.80. The molecule has 18 heavy (non-hydrogen) atoms. The van der Waals surface area contributed by atoms with E-state index in [4.69, 9.17) is 9.84 Å². The van der Waals surface area contributed by atoms with E-state index in [0.29, 0.717) is 5.56 Å². The Morgan fingerprint density at radius 2 is 2.17 bits per heavy atom. The Bertz CT molecular complexity index is 526. The molecule has 1 atom stereocenters. The van der Waals surface area contributed by atoms with E-state index >= 15 is 0 Å². The summed E-state index contributed by atoms with van der Waals surface area (Å²) in [4.78, 5) is 10.6. The fraction of sp³-hybridized carbons (Fsp3) is 0.364. The Kier molecular flexibility index (Phi) is 4.83. The summed E-state index contributed by atoms with van der Waals surface area (Å²) in [5, 5.41) is 8.68.